The van der Waals surface area contributed by atoms with Gasteiger partial charge in [0, 0.05) is 24.8 Å². The van der Waals surface area contributed by atoms with Crippen LogP contribution >= 0.6 is 11.6 Å². The number of carbonyl (C=O) groups excluding carboxylic acids is 1. The Labute approximate surface area is 133 Å². The molecule has 1 N–H and O–H groups in total. The molecule has 118 valence electrons. The molecule has 7 heteroatoms. The molecule has 0 amide bonds. The van der Waals surface area contributed by atoms with Crippen LogP contribution in [0.3, 0.4) is 0 Å². The van der Waals surface area contributed by atoms with Crippen molar-refractivity contribution >= 4 is 23.5 Å². The van der Waals surface area contributed by atoms with Crippen LogP contribution in [0.1, 0.15) is 34.6 Å². The van der Waals surface area contributed by atoms with Crippen molar-refractivity contribution in [2.45, 2.75) is 13.8 Å². The van der Waals surface area contributed by atoms with Crippen molar-refractivity contribution < 1.29 is 19.4 Å². The normalized spacial score (nSPS) is 8.50. The summed E-state index contributed by atoms with van der Waals surface area (Å²) in [6.45, 7) is 4.00. The van der Waals surface area contributed by atoms with Crippen LogP contribution in [0.15, 0.2) is 49.1 Å². The number of aromatic nitrogens is 2. The minimum Gasteiger partial charge on any atom is -0.478 e. The van der Waals surface area contributed by atoms with Gasteiger partial charge in [0.15, 0.2) is 6.07 Å². The molecule has 2 aromatic rings. The van der Waals surface area contributed by atoms with E-state index in [9.17, 15) is 9.59 Å². The lowest BCUT2D eigenvalue weighted by atomic mass is 10.3. The third kappa shape index (κ3) is 7.96. The van der Waals surface area contributed by atoms with E-state index < -0.39 is 11.9 Å². The fourth-order valence-corrected chi connectivity index (χ4v) is 1.20. The second-order valence-corrected chi connectivity index (χ2v) is 3.55. The van der Waals surface area contributed by atoms with Crippen LogP contribution < -0.4 is 0 Å². The van der Waals surface area contributed by atoms with Gasteiger partial charge in [-0.25, -0.2) is 9.59 Å². The van der Waals surface area contributed by atoms with E-state index in [1.165, 1.54) is 24.7 Å². The van der Waals surface area contributed by atoms with Crippen LogP contribution in [-0.2, 0) is 4.74 Å². The van der Waals surface area contributed by atoms with Crippen LogP contribution in [0.4, 0.5) is 0 Å². The van der Waals surface area contributed by atoms with Crippen molar-refractivity contribution in [3.05, 3.63) is 60.2 Å². The fourth-order valence-electron chi connectivity index (χ4n) is 1.11. The summed E-state index contributed by atoms with van der Waals surface area (Å²) in [5, 5.41) is 8.34. The number of hydrogen-bond acceptors (Lipinski definition) is 5. The first kappa shape index (κ1) is 19.5. The van der Waals surface area contributed by atoms with E-state index >= 15 is 0 Å². The number of carboxylic acids is 1. The Kier molecular flexibility index (Phi) is 10.9. The number of carboxylic acid groups (broad SMARTS) is 1. The summed E-state index contributed by atoms with van der Waals surface area (Å²) in [5.74, 6) is -1.39. The molecule has 0 fully saturated rings. The average molecular weight is 325 g/mol. The number of carbonyl (C=O) groups is 2. The van der Waals surface area contributed by atoms with Gasteiger partial charge in [-0.2, -0.15) is 0 Å². The van der Waals surface area contributed by atoms with Crippen molar-refractivity contribution in [1.29, 1.82) is 0 Å². The lowest BCUT2D eigenvalue weighted by Crippen LogP contribution is -2.03. The zero-order chi connectivity index (χ0) is 16.8. The van der Waals surface area contributed by atoms with Crippen molar-refractivity contribution in [2.24, 2.45) is 0 Å². The van der Waals surface area contributed by atoms with E-state index in [-0.39, 0.29) is 11.6 Å². The number of nitrogens with zero attached hydrogens (tertiary/aromatic N) is 2. The zero-order valence-electron chi connectivity index (χ0n) is 12.3. The number of hydrogen-bond donors (Lipinski definition) is 1. The predicted octanol–water partition coefficient (Wildman–Crippen LogP) is 3.24. The van der Waals surface area contributed by atoms with E-state index in [4.69, 9.17) is 16.7 Å². The number of alkyl halides is 1. The fraction of sp³-hybridized carbons (Fsp3) is 0.200. The summed E-state index contributed by atoms with van der Waals surface area (Å²) in [5.41, 5.74) is 0.630. The molecule has 2 aromatic heterocycles. The van der Waals surface area contributed by atoms with E-state index in [1.54, 1.807) is 24.4 Å². The molecule has 0 aliphatic carbocycles. The Morgan fingerprint density at radius 1 is 1.09 bits per heavy atom. The molecule has 0 unspecified atom stereocenters. The van der Waals surface area contributed by atoms with Crippen LogP contribution in [-0.4, -0.2) is 33.1 Å². The summed E-state index contributed by atoms with van der Waals surface area (Å²) in [4.78, 5) is 28.4. The van der Waals surface area contributed by atoms with Gasteiger partial charge in [-0.1, -0.05) is 25.4 Å². The Morgan fingerprint density at radius 3 is 1.91 bits per heavy atom. The standard InChI is InChI=1S/C7H6ClNO2.C6H5NO2.C2H6/c8-5-11-7(10)6-2-1-3-9-4-6;8-6(9)5-2-1-3-7-4-5;1-2/h1-4H,5H2;1-4H,(H,8,9);1-2H3. The van der Waals surface area contributed by atoms with E-state index in [1.807, 2.05) is 13.8 Å². The third-order valence-electron chi connectivity index (χ3n) is 1.99. The molecule has 0 aliphatic rings. The van der Waals surface area contributed by atoms with Gasteiger partial charge < -0.3 is 9.84 Å². The first-order valence-electron chi connectivity index (χ1n) is 6.41. The predicted molar refractivity (Wildman–Crippen MR) is 82.9 cm³/mol. The Hall–Kier alpha value is -2.47. The second-order valence-electron chi connectivity index (χ2n) is 3.33. The quantitative estimate of drug-likeness (QED) is 0.688. The topological polar surface area (TPSA) is 89.4 Å². The first-order chi connectivity index (χ1) is 10.6. The molecular formula is C15H17ClN2O4. The maximum atomic E-state index is 10.9. The van der Waals surface area contributed by atoms with Gasteiger partial charge in [0.25, 0.3) is 0 Å². The maximum Gasteiger partial charge on any atom is 0.340 e. The van der Waals surface area contributed by atoms with Gasteiger partial charge in [-0.15, -0.1) is 0 Å². The number of halogens is 1. The smallest absolute Gasteiger partial charge is 0.340 e. The van der Waals surface area contributed by atoms with Gasteiger partial charge in [0.1, 0.15) is 0 Å². The Morgan fingerprint density at radius 2 is 1.59 bits per heavy atom. The molecule has 0 bridgehead atoms. The number of rotatable bonds is 3. The summed E-state index contributed by atoms with van der Waals surface area (Å²) in [6.07, 6.45) is 5.85. The van der Waals surface area contributed by atoms with Gasteiger partial charge >= 0.3 is 11.9 Å². The lowest BCUT2D eigenvalue weighted by Gasteiger charge is -1.97. The monoisotopic (exact) mass is 324 g/mol. The highest BCUT2D eigenvalue weighted by atomic mass is 35.5. The summed E-state index contributed by atoms with van der Waals surface area (Å²) < 4.78 is 4.51. The molecular weight excluding hydrogens is 308 g/mol. The molecule has 0 radical (unpaired) electrons. The van der Waals surface area contributed by atoms with Gasteiger partial charge in [-0.3, -0.25) is 9.97 Å². The molecule has 6 nitrogen and oxygen atoms in total. The molecule has 0 saturated carbocycles. The summed E-state index contributed by atoms with van der Waals surface area (Å²) in [7, 11) is 0. The summed E-state index contributed by atoms with van der Waals surface area (Å²) in [6, 6.07) is 6.22. The maximum absolute atomic E-state index is 10.9. The molecule has 0 saturated heterocycles. The van der Waals surface area contributed by atoms with Crippen molar-refractivity contribution in [1.82, 2.24) is 9.97 Å². The SMILES string of the molecule is CC.O=C(O)c1cccnc1.O=C(OCCl)c1cccnc1. The van der Waals surface area contributed by atoms with Crippen LogP contribution in [0.2, 0.25) is 0 Å². The van der Waals surface area contributed by atoms with Crippen LogP contribution in [0, 0.1) is 0 Å². The lowest BCUT2D eigenvalue weighted by molar-refractivity contribution is 0.0573. The highest BCUT2D eigenvalue weighted by Crippen LogP contribution is 1.98. The highest BCUT2D eigenvalue weighted by molar-refractivity contribution is 6.17. The van der Waals surface area contributed by atoms with Crippen molar-refractivity contribution in [3.8, 4) is 0 Å². The first-order valence-corrected chi connectivity index (χ1v) is 6.95. The highest BCUT2D eigenvalue weighted by Gasteiger charge is 2.04. The van der Waals surface area contributed by atoms with Crippen LogP contribution in [0.25, 0.3) is 0 Å². The van der Waals surface area contributed by atoms with E-state index in [0.29, 0.717) is 5.56 Å². The molecule has 2 heterocycles. The summed E-state index contributed by atoms with van der Waals surface area (Å²) >= 11 is 5.18. The molecule has 0 aliphatic heterocycles. The van der Waals surface area contributed by atoms with Crippen LogP contribution in [0.5, 0.6) is 0 Å². The van der Waals surface area contributed by atoms with Crippen molar-refractivity contribution in [2.75, 3.05) is 6.07 Å². The van der Waals surface area contributed by atoms with Crippen molar-refractivity contribution in [3.63, 3.8) is 0 Å². The van der Waals surface area contributed by atoms with E-state index in [0.717, 1.165) is 0 Å². The number of ether oxygens (including phenoxy) is 1. The molecule has 0 spiro atoms. The van der Waals surface area contributed by atoms with Gasteiger partial charge in [-0.05, 0) is 24.3 Å². The molecule has 2 rings (SSSR count). The number of esters is 1. The number of pyridine rings is 2. The minimum atomic E-state index is -0.942. The minimum absolute atomic E-state index is 0.131. The molecule has 22 heavy (non-hydrogen) atoms. The second kappa shape index (κ2) is 12.3. The molecule has 0 atom stereocenters. The number of aromatic carboxylic acids is 1. The largest absolute Gasteiger partial charge is 0.478 e. The average Bonchev–Trinajstić information content (AvgIpc) is 2.59. The third-order valence-corrected chi connectivity index (χ3v) is 2.10. The van der Waals surface area contributed by atoms with Gasteiger partial charge in [0.05, 0.1) is 11.1 Å². The Bertz CT molecular complexity index is 550. The Balaban J connectivity index is 0.000000366. The molecule has 0 aromatic carbocycles. The van der Waals surface area contributed by atoms with Gasteiger partial charge in [0.2, 0.25) is 0 Å². The van der Waals surface area contributed by atoms with E-state index in [2.05, 4.69) is 14.7 Å². The zero-order valence-corrected chi connectivity index (χ0v) is 13.0.